The SMILES string of the molecule is CCC(C)(C)c1c(O)ccc(C(=O)O)c1C(C)(C)CC. The summed E-state index contributed by atoms with van der Waals surface area (Å²) in [5.41, 5.74) is 1.27. The molecule has 20 heavy (non-hydrogen) atoms. The summed E-state index contributed by atoms with van der Waals surface area (Å²) >= 11 is 0. The van der Waals surface area contributed by atoms with Crippen molar-refractivity contribution in [1.82, 2.24) is 0 Å². The minimum Gasteiger partial charge on any atom is -0.508 e. The molecule has 0 spiro atoms. The molecule has 1 rings (SSSR count). The van der Waals surface area contributed by atoms with Gasteiger partial charge in [-0.15, -0.1) is 0 Å². The lowest BCUT2D eigenvalue weighted by atomic mass is 9.69. The number of rotatable bonds is 5. The van der Waals surface area contributed by atoms with E-state index in [0.29, 0.717) is 5.56 Å². The Balaban J connectivity index is 3.82. The lowest BCUT2D eigenvalue weighted by Gasteiger charge is -2.35. The van der Waals surface area contributed by atoms with Gasteiger partial charge in [0.1, 0.15) is 5.75 Å². The number of carboxylic acid groups (broad SMARTS) is 1. The molecule has 0 bridgehead atoms. The number of aromatic hydroxyl groups is 1. The zero-order valence-corrected chi connectivity index (χ0v) is 13.4. The molecule has 0 heterocycles. The highest BCUT2D eigenvalue weighted by molar-refractivity contribution is 5.91. The fraction of sp³-hybridized carbons (Fsp3) is 0.588. The standard InChI is InChI=1S/C17H26O3/c1-7-16(3,4)13-11(15(19)20)9-10-12(18)14(13)17(5,6)8-2/h9-10,18H,7-8H2,1-6H3,(H,19,20). The van der Waals surface area contributed by atoms with Crippen molar-refractivity contribution in [3.05, 3.63) is 28.8 Å². The van der Waals surface area contributed by atoms with Crippen LogP contribution in [0.4, 0.5) is 0 Å². The minimum absolute atomic E-state index is 0.193. The number of hydrogen-bond donors (Lipinski definition) is 2. The van der Waals surface area contributed by atoms with Gasteiger partial charge in [0, 0.05) is 5.56 Å². The van der Waals surface area contributed by atoms with Crippen molar-refractivity contribution in [3.8, 4) is 5.75 Å². The maximum absolute atomic E-state index is 11.6. The monoisotopic (exact) mass is 278 g/mol. The Morgan fingerprint density at radius 3 is 1.85 bits per heavy atom. The fourth-order valence-corrected chi connectivity index (χ4v) is 2.51. The predicted octanol–water partition coefficient (Wildman–Crippen LogP) is 4.47. The summed E-state index contributed by atoms with van der Waals surface area (Å²) < 4.78 is 0. The second kappa shape index (κ2) is 5.47. The van der Waals surface area contributed by atoms with Gasteiger partial charge in [0.15, 0.2) is 0 Å². The average Bonchev–Trinajstić information content (AvgIpc) is 2.37. The van der Waals surface area contributed by atoms with Crippen LogP contribution in [0.15, 0.2) is 12.1 Å². The normalized spacial score (nSPS) is 12.5. The first-order valence-electron chi connectivity index (χ1n) is 7.18. The van der Waals surface area contributed by atoms with E-state index in [1.165, 1.54) is 12.1 Å². The molecule has 0 aromatic heterocycles. The molecule has 0 aliphatic rings. The zero-order chi connectivity index (χ0) is 15.7. The molecule has 0 radical (unpaired) electrons. The van der Waals surface area contributed by atoms with Gasteiger partial charge < -0.3 is 10.2 Å². The van der Waals surface area contributed by atoms with Crippen molar-refractivity contribution in [1.29, 1.82) is 0 Å². The summed E-state index contributed by atoms with van der Waals surface area (Å²) in [6, 6.07) is 3.02. The first-order chi connectivity index (χ1) is 9.08. The smallest absolute Gasteiger partial charge is 0.335 e. The number of carboxylic acids is 1. The molecular weight excluding hydrogens is 252 g/mol. The number of phenolic OH excluding ortho intramolecular Hbond substituents is 1. The van der Waals surface area contributed by atoms with E-state index in [1.54, 1.807) is 0 Å². The molecule has 0 amide bonds. The summed E-state index contributed by atoms with van der Waals surface area (Å²) in [6.45, 7) is 12.2. The number of hydrogen-bond acceptors (Lipinski definition) is 2. The molecule has 0 saturated carbocycles. The van der Waals surface area contributed by atoms with Crippen molar-refractivity contribution in [2.75, 3.05) is 0 Å². The maximum atomic E-state index is 11.6. The molecule has 0 saturated heterocycles. The number of phenols is 1. The highest BCUT2D eigenvalue weighted by Crippen LogP contribution is 2.44. The van der Waals surface area contributed by atoms with Gasteiger partial charge in [-0.25, -0.2) is 4.79 Å². The topological polar surface area (TPSA) is 57.5 Å². The molecule has 1 aromatic carbocycles. The summed E-state index contributed by atoms with van der Waals surface area (Å²) in [6.07, 6.45) is 1.64. The lowest BCUT2D eigenvalue weighted by Crippen LogP contribution is -2.28. The summed E-state index contributed by atoms with van der Waals surface area (Å²) in [5, 5.41) is 19.8. The molecule has 3 nitrogen and oxygen atoms in total. The molecule has 0 atom stereocenters. The molecule has 0 aliphatic heterocycles. The van der Waals surface area contributed by atoms with Gasteiger partial charge in [-0.3, -0.25) is 0 Å². The van der Waals surface area contributed by atoms with E-state index in [-0.39, 0.29) is 16.6 Å². The fourth-order valence-electron chi connectivity index (χ4n) is 2.51. The second-order valence-corrected chi connectivity index (χ2v) is 6.66. The van der Waals surface area contributed by atoms with Gasteiger partial charge >= 0.3 is 5.97 Å². The van der Waals surface area contributed by atoms with Crippen LogP contribution in [0.25, 0.3) is 0 Å². The van der Waals surface area contributed by atoms with Gasteiger partial charge in [0.25, 0.3) is 0 Å². The zero-order valence-electron chi connectivity index (χ0n) is 13.4. The molecule has 1 aromatic rings. The third-order valence-corrected chi connectivity index (χ3v) is 4.54. The van der Waals surface area contributed by atoms with E-state index < -0.39 is 5.97 Å². The first-order valence-corrected chi connectivity index (χ1v) is 7.18. The molecule has 0 fully saturated rings. The van der Waals surface area contributed by atoms with Gasteiger partial charge in [0.05, 0.1) is 5.56 Å². The van der Waals surface area contributed by atoms with Crippen LogP contribution in [0.5, 0.6) is 5.75 Å². The van der Waals surface area contributed by atoms with E-state index in [4.69, 9.17) is 0 Å². The number of carbonyl (C=O) groups is 1. The quantitative estimate of drug-likeness (QED) is 0.835. The van der Waals surface area contributed by atoms with Crippen molar-refractivity contribution < 1.29 is 15.0 Å². The third kappa shape index (κ3) is 2.82. The van der Waals surface area contributed by atoms with Crippen LogP contribution in [0.1, 0.15) is 75.9 Å². The lowest BCUT2D eigenvalue weighted by molar-refractivity contribution is 0.0693. The highest BCUT2D eigenvalue weighted by Gasteiger charge is 2.35. The third-order valence-electron chi connectivity index (χ3n) is 4.54. The Kier molecular flexibility index (Phi) is 4.52. The summed E-state index contributed by atoms with van der Waals surface area (Å²) in [7, 11) is 0. The molecule has 0 unspecified atom stereocenters. The van der Waals surface area contributed by atoms with Crippen LogP contribution in [-0.4, -0.2) is 16.2 Å². The molecule has 3 heteroatoms. The van der Waals surface area contributed by atoms with E-state index in [2.05, 4.69) is 6.92 Å². The Bertz CT molecular complexity index is 513. The summed E-state index contributed by atoms with van der Waals surface area (Å²) in [4.78, 5) is 11.6. The van der Waals surface area contributed by atoms with Crippen LogP contribution in [-0.2, 0) is 10.8 Å². The van der Waals surface area contributed by atoms with E-state index in [0.717, 1.165) is 24.0 Å². The Hall–Kier alpha value is -1.51. The van der Waals surface area contributed by atoms with Crippen LogP contribution in [0, 0.1) is 0 Å². The average molecular weight is 278 g/mol. The number of benzene rings is 1. The molecule has 2 N–H and O–H groups in total. The van der Waals surface area contributed by atoms with Crippen molar-refractivity contribution in [3.63, 3.8) is 0 Å². The molecular formula is C17H26O3. The maximum Gasteiger partial charge on any atom is 0.335 e. The van der Waals surface area contributed by atoms with Crippen LogP contribution in [0.3, 0.4) is 0 Å². The van der Waals surface area contributed by atoms with Gasteiger partial charge in [-0.2, -0.15) is 0 Å². The van der Waals surface area contributed by atoms with Crippen molar-refractivity contribution in [2.24, 2.45) is 0 Å². The van der Waals surface area contributed by atoms with E-state index in [1.807, 2.05) is 34.6 Å². The van der Waals surface area contributed by atoms with Gasteiger partial charge in [-0.05, 0) is 41.4 Å². The van der Waals surface area contributed by atoms with E-state index in [9.17, 15) is 15.0 Å². The number of aromatic carboxylic acids is 1. The highest BCUT2D eigenvalue weighted by atomic mass is 16.4. The Morgan fingerprint density at radius 2 is 1.45 bits per heavy atom. The van der Waals surface area contributed by atoms with Crippen LogP contribution in [0.2, 0.25) is 0 Å². The van der Waals surface area contributed by atoms with Crippen LogP contribution >= 0.6 is 0 Å². The van der Waals surface area contributed by atoms with Crippen LogP contribution < -0.4 is 0 Å². The van der Waals surface area contributed by atoms with Gasteiger partial charge in [0.2, 0.25) is 0 Å². The van der Waals surface area contributed by atoms with Gasteiger partial charge in [-0.1, -0.05) is 41.5 Å². The first kappa shape index (κ1) is 16.5. The molecule has 0 aliphatic carbocycles. The Labute approximate surface area is 121 Å². The predicted molar refractivity (Wildman–Crippen MR) is 81.7 cm³/mol. The van der Waals surface area contributed by atoms with E-state index >= 15 is 0 Å². The summed E-state index contributed by atoms with van der Waals surface area (Å²) in [5.74, 6) is -0.743. The largest absolute Gasteiger partial charge is 0.508 e. The second-order valence-electron chi connectivity index (χ2n) is 6.66. The molecule has 112 valence electrons. The minimum atomic E-state index is -0.935. The van der Waals surface area contributed by atoms with Crippen molar-refractivity contribution in [2.45, 2.75) is 65.2 Å². The Morgan fingerprint density at radius 1 is 1.00 bits per heavy atom. The van der Waals surface area contributed by atoms with Crippen molar-refractivity contribution >= 4 is 5.97 Å².